The highest BCUT2D eigenvalue weighted by Crippen LogP contribution is 2.35. The molecule has 32 heavy (non-hydrogen) atoms. The van der Waals surface area contributed by atoms with Crippen molar-refractivity contribution in [1.29, 1.82) is 0 Å². The van der Waals surface area contributed by atoms with Gasteiger partial charge in [0.05, 0.1) is 25.3 Å². The fraction of sp³-hybridized carbons (Fsp3) is 0.375. The second kappa shape index (κ2) is 11.0. The number of carbonyl (C=O) groups is 3. The Hall–Kier alpha value is -3.06. The van der Waals surface area contributed by atoms with E-state index in [9.17, 15) is 14.4 Å². The molecule has 0 radical (unpaired) electrons. The van der Waals surface area contributed by atoms with Crippen LogP contribution in [0.5, 0.6) is 5.75 Å². The van der Waals surface area contributed by atoms with Crippen LogP contribution in [0.15, 0.2) is 42.5 Å². The summed E-state index contributed by atoms with van der Waals surface area (Å²) in [5.74, 6) is -0.835. The van der Waals surface area contributed by atoms with Crippen LogP contribution in [0.1, 0.15) is 24.0 Å². The molecule has 0 aliphatic carbocycles. The van der Waals surface area contributed by atoms with E-state index in [0.29, 0.717) is 29.3 Å². The molecule has 170 valence electrons. The summed E-state index contributed by atoms with van der Waals surface area (Å²) in [4.78, 5) is 38.3. The second-order valence-electron chi connectivity index (χ2n) is 7.72. The van der Waals surface area contributed by atoms with Crippen LogP contribution in [-0.2, 0) is 25.5 Å². The van der Waals surface area contributed by atoms with Gasteiger partial charge in [-0.2, -0.15) is 0 Å². The first-order chi connectivity index (χ1) is 15.4. The number of hydrogen-bond acceptors (Lipinski definition) is 5. The quantitative estimate of drug-likeness (QED) is 0.460. The maximum Gasteiger partial charge on any atom is 0.311 e. The fourth-order valence-corrected chi connectivity index (χ4v) is 3.70. The predicted octanol–water partition coefficient (Wildman–Crippen LogP) is 3.30. The lowest BCUT2D eigenvalue weighted by molar-refractivity contribution is -0.148. The van der Waals surface area contributed by atoms with E-state index in [1.54, 1.807) is 18.2 Å². The number of amides is 2. The van der Waals surface area contributed by atoms with Crippen LogP contribution in [0.4, 0.5) is 5.69 Å². The second-order valence-corrected chi connectivity index (χ2v) is 8.16. The molecule has 0 saturated carbocycles. The molecule has 1 aliphatic heterocycles. The number of carbonyl (C=O) groups excluding carboxylic acids is 3. The third-order valence-electron chi connectivity index (χ3n) is 5.32. The zero-order chi connectivity index (χ0) is 23.1. The molecule has 1 atom stereocenters. The number of nitrogens with zero attached hydrogens (tertiary/aromatic N) is 1. The number of rotatable bonds is 9. The van der Waals surface area contributed by atoms with Gasteiger partial charge in [-0.25, -0.2) is 0 Å². The average molecular weight is 459 g/mol. The molecule has 1 aliphatic rings. The van der Waals surface area contributed by atoms with Crippen LogP contribution in [0.2, 0.25) is 5.02 Å². The molecule has 0 bridgehead atoms. The zero-order valence-electron chi connectivity index (χ0n) is 18.2. The number of methoxy groups -OCH3 is 1. The van der Waals surface area contributed by atoms with Gasteiger partial charge in [0.25, 0.3) is 0 Å². The number of halogens is 1. The van der Waals surface area contributed by atoms with Gasteiger partial charge in [0, 0.05) is 24.4 Å². The topological polar surface area (TPSA) is 84.9 Å². The number of anilines is 1. The van der Waals surface area contributed by atoms with Gasteiger partial charge >= 0.3 is 5.97 Å². The predicted molar refractivity (Wildman–Crippen MR) is 122 cm³/mol. The van der Waals surface area contributed by atoms with Crippen molar-refractivity contribution in [1.82, 2.24) is 5.32 Å². The summed E-state index contributed by atoms with van der Waals surface area (Å²) < 4.78 is 10.6. The lowest BCUT2D eigenvalue weighted by Crippen LogP contribution is -2.30. The normalized spacial score (nSPS) is 15.5. The smallest absolute Gasteiger partial charge is 0.311 e. The fourth-order valence-electron chi connectivity index (χ4n) is 3.53. The Balaban J connectivity index is 1.41. The first-order valence-electron chi connectivity index (χ1n) is 10.5. The molecule has 2 amide bonds. The Labute approximate surface area is 192 Å². The minimum atomic E-state index is -0.580. The van der Waals surface area contributed by atoms with Crippen LogP contribution < -0.4 is 15.0 Å². The van der Waals surface area contributed by atoms with Crippen LogP contribution >= 0.6 is 11.6 Å². The summed E-state index contributed by atoms with van der Waals surface area (Å²) in [6.45, 7) is 2.49. The maximum atomic E-state index is 12.5. The Morgan fingerprint density at radius 3 is 2.66 bits per heavy atom. The molecule has 1 heterocycles. The van der Waals surface area contributed by atoms with Gasteiger partial charge < -0.3 is 19.7 Å². The van der Waals surface area contributed by atoms with Gasteiger partial charge in [-0.3, -0.25) is 14.4 Å². The average Bonchev–Trinajstić information content (AvgIpc) is 3.17. The van der Waals surface area contributed by atoms with E-state index in [1.165, 1.54) is 17.6 Å². The van der Waals surface area contributed by atoms with Gasteiger partial charge in [-0.1, -0.05) is 41.4 Å². The summed E-state index contributed by atoms with van der Waals surface area (Å²) >= 11 is 6.05. The Morgan fingerprint density at radius 2 is 1.94 bits per heavy atom. The third kappa shape index (κ3) is 6.23. The van der Waals surface area contributed by atoms with Crippen molar-refractivity contribution in [2.75, 3.05) is 31.7 Å². The van der Waals surface area contributed by atoms with Crippen molar-refractivity contribution >= 4 is 35.1 Å². The minimum absolute atomic E-state index is 0.0530. The first-order valence-corrected chi connectivity index (χ1v) is 10.9. The summed E-state index contributed by atoms with van der Waals surface area (Å²) in [5.41, 5.74) is 2.81. The summed E-state index contributed by atoms with van der Waals surface area (Å²) in [5, 5.41) is 3.22. The monoisotopic (exact) mass is 458 g/mol. The van der Waals surface area contributed by atoms with E-state index in [1.807, 2.05) is 31.2 Å². The molecule has 1 fully saturated rings. The molecular weight excluding hydrogens is 432 g/mol. The van der Waals surface area contributed by atoms with Crippen molar-refractivity contribution in [3.8, 4) is 5.75 Å². The first kappa shape index (κ1) is 23.6. The SMILES string of the molecule is COc1ccc(Cl)cc1N1CC(C(=O)OCCNC(=O)CCc2ccc(C)cc2)CC1=O. The highest BCUT2D eigenvalue weighted by atomic mass is 35.5. The lowest BCUT2D eigenvalue weighted by Gasteiger charge is -2.19. The molecule has 1 saturated heterocycles. The molecule has 3 rings (SSSR count). The van der Waals surface area contributed by atoms with E-state index < -0.39 is 11.9 Å². The summed E-state index contributed by atoms with van der Waals surface area (Å²) in [7, 11) is 1.51. The van der Waals surface area contributed by atoms with Gasteiger partial charge in [0.2, 0.25) is 11.8 Å². The van der Waals surface area contributed by atoms with E-state index in [0.717, 1.165) is 5.56 Å². The Kier molecular flexibility index (Phi) is 8.11. The van der Waals surface area contributed by atoms with Gasteiger partial charge in [-0.05, 0) is 37.1 Å². The summed E-state index contributed by atoms with van der Waals surface area (Å²) in [6, 6.07) is 13.0. The standard InChI is InChI=1S/C24H27ClN2O5/c1-16-3-5-17(6-4-16)7-10-22(28)26-11-12-32-24(30)18-13-23(29)27(15-18)20-14-19(25)8-9-21(20)31-2/h3-6,8-9,14,18H,7,10-13,15H2,1-2H3,(H,26,28). The Bertz CT molecular complexity index is 977. The number of ether oxygens (including phenoxy) is 2. The van der Waals surface area contributed by atoms with Crippen LogP contribution in [0.25, 0.3) is 0 Å². The highest BCUT2D eigenvalue weighted by molar-refractivity contribution is 6.31. The van der Waals surface area contributed by atoms with E-state index in [-0.39, 0.29) is 37.9 Å². The number of esters is 1. The number of nitrogens with one attached hydrogen (secondary N) is 1. The van der Waals surface area contributed by atoms with E-state index >= 15 is 0 Å². The van der Waals surface area contributed by atoms with Crippen molar-refractivity contribution in [3.63, 3.8) is 0 Å². The molecule has 2 aromatic carbocycles. The molecule has 8 heteroatoms. The molecule has 7 nitrogen and oxygen atoms in total. The minimum Gasteiger partial charge on any atom is -0.495 e. The molecule has 1 unspecified atom stereocenters. The number of hydrogen-bond donors (Lipinski definition) is 1. The van der Waals surface area contributed by atoms with Crippen LogP contribution in [0, 0.1) is 12.8 Å². The van der Waals surface area contributed by atoms with E-state index in [2.05, 4.69) is 5.32 Å². The third-order valence-corrected chi connectivity index (χ3v) is 5.56. The van der Waals surface area contributed by atoms with Crippen molar-refractivity contribution < 1.29 is 23.9 Å². The molecule has 0 spiro atoms. The molecular formula is C24H27ClN2O5. The molecule has 0 aromatic heterocycles. The largest absolute Gasteiger partial charge is 0.495 e. The van der Waals surface area contributed by atoms with Gasteiger partial charge in [0.15, 0.2) is 0 Å². The van der Waals surface area contributed by atoms with Crippen molar-refractivity contribution in [3.05, 3.63) is 58.6 Å². The lowest BCUT2D eigenvalue weighted by atomic mass is 10.1. The van der Waals surface area contributed by atoms with Crippen molar-refractivity contribution in [2.45, 2.75) is 26.2 Å². The van der Waals surface area contributed by atoms with Crippen molar-refractivity contribution in [2.24, 2.45) is 5.92 Å². The van der Waals surface area contributed by atoms with Gasteiger partial charge in [0.1, 0.15) is 12.4 Å². The number of benzene rings is 2. The molecule has 2 aromatic rings. The Morgan fingerprint density at radius 1 is 1.19 bits per heavy atom. The number of aryl methyl sites for hydroxylation is 2. The van der Waals surface area contributed by atoms with Crippen LogP contribution in [-0.4, -0.2) is 44.6 Å². The van der Waals surface area contributed by atoms with Crippen LogP contribution in [0.3, 0.4) is 0 Å². The summed E-state index contributed by atoms with van der Waals surface area (Å²) in [6.07, 6.45) is 1.07. The van der Waals surface area contributed by atoms with Gasteiger partial charge in [-0.15, -0.1) is 0 Å². The highest BCUT2D eigenvalue weighted by Gasteiger charge is 2.37. The maximum absolute atomic E-state index is 12.5. The zero-order valence-corrected chi connectivity index (χ0v) is 19.0. The van der Waals surface area contributed by atoms with E-state index in [4.69, 9.17) is 21.1 Å². The molecule has 1 N–H and O–H groups in total.